The summed E-state index contributed by atoms with van der Waals surface area (Å²) in [6, 6.07) is 22.1. The maximum atomic E-state index is 2.85. The zero-order valence-electron chi connectivity index (χ0n) is 8.77. The van der Waals surface area contributed by atoms with Crippen molar-refractivity contribution < 1.29 is 19.5 Å². The first-order valence-electron chi connectivity index (χ1n) is 4.62. The van der Waals surface area contributed by atoms with Crippen LogP contribution in [0.4, 0.5) is 0 Å². The fourth-order valence-electron chi connectivity index (χ4n) is 0.843. The smallest absolute Gasteiger partial charge is 0.998 e. The second kappa shape index (κ2) is 8.62. The van der Waals surface area contributed by atoms with Crippen molar-refractivity contribution in [1.29, 1.82) is 0 Å². The molecule has 0 atom stereocenters. The molecule has 0 bridgehead atoms. The molecule has 0 fully saturated rings. The third kappa shape index (κ3) is 5.69. The van der Waals surface area contributed by atoms with Crippen LogP contribution in [0.3, 0.4) is 0 Å². The molecular weight excluding hydrogens is 269 g/mol. The van der Waals surface area contributed by atoms with E-state index in [0.717, 1.165) is 24.0 Å². The first-order chi connectivity index (χ1) is 6.86. The molecule has 2 aromatic carbocycles. The van der Waals surface area contributed by atoms with Crippen molar-refractivity contribution in [3.05, 3.63) is 59.7 Å². The predicted octanol–water partition coefficient (Wildman–Crippen LogP) is 2.33. The zero-order chi connectivity index (χ0) is 10.2. The third-order valence-electron chi connectivity index (χ3n) is 1.69. The minimum Gasteiger partial charge on any atom is -0.998 e. The maximum Gasteiger partial charge on any atom is 2.00 e. The molecule has 15 heavy (non-hydrogen) atoms. The Morgan fingerprint density at radius 2 is 0.933 bits per heavy atom. The van der Waals surface area contributed by atoms with Gasteiger partial charge in [0.05, 0.1) is 0 Å². The van der Waals surface area contributed by atoms with Gasteiger partial charge in [0.15, 0.2) is 0 Å². The topological polar surface area (TPSA) is 0 Å². The minimum absolute atomic E-state index is 0. The van der Waals surface area contributed by atoms with Crippen molar-refractivity contribution in [2.45, 2.75) is 26.7 Å². The molecule has 0 nitrogen and oxygen atoms in total. The van der Waals surface area contributed by atoms with Crippen LogP contribution in [-0.2, 0) is 32.3 Å². The Balaban J connectivity index is 0.000000245. The molecule has 0 spiro atoms. The van der Waals surface area contributed by atoms with Crippen LogP contribution >= 0.6 is 0 Å². The van der Waals surface area contributed by atoms with Crippen molar-refractivity contribution in [1.82, 2.24) is 0 Å². The van der Waals surface area contributed by atoms with Crippen LogP contribution in [0.2, 0.25) is 0 Å². The van der Waals surface area contributed by atoms with Crippen LogP contribution in [0.5, 0.6) is 0 Å². The molecule has 1 heteroatoms. The molecule has 0 unspecified atom stereocenters. The summed E-state index contributed by atoms with van der Waals surface area (Å²) < 4.78 is 0. The van der Waals surface area contributed by atoms with E-state index in [-0.39, 0.29) is 19.5 Å². The molecule has 0 aliphatic rings. The van der Waals surface area contributed by atoms with Crippen molar-refractivity contribution >= 4 is 0 Å². The summed E-state index contributed by atoms with van der Waals surface area (Å²) in [7, 11) is 0. The molecule has 82 valence electrons. The Bertz CT molecular complexity index is 269. The van der Waals surface area contributed by atoms with Crippen LogP contribution in [-0.4, -0.2) is 0 Å². The molecule has 0 N–H and O–H groups in total. The Labute approximate surface area is 106 Å². The van der Waals surface area contributed by atoms with Gasteiger partial charge >= 0.3 is 19.5 Å². The first-order valence-corrected chi connectivity index (χ1v) is 4.62. The van der Waals surface area contributed by atoms with Gasteiger partial charge in [-0.05, 0) is 0 Å². The van der Waals surface area contributed by atoms with E-state index in [1.54, 1.807) is 0 Å². The van der Waals surface area contributed by atoms with Crippen LogP contribution < -0.4 is 0 Å². The van der Waals surface area contributed by atoms with Gasteiger partial charge in [-0.15, -0.1) is 0 Å². The summed E-state index contributed by atoms with van der Waals surface area (Å²) in [5.41, 5.74) is 2.14. The Morgan fingerprint density at radius 1 is 0.667 bits per heavy atom. The van der Waals surface area contributed by atoms with E-state index in [4.69, 9.17) is 0 Å². The van der Waals surface area contributed by atoms with Gasteiger partial charge in [-0.25, -0.2) is 12.8 Å². The summed E-state index contributed by atoms with van der Waals surface area (Å²) in [5, 5.41) is 0. The van der Waals surface area contributed by atoms with E-state index in [1.165, 1.54) is 0 Å². The number of rotatable bonds is 2. The van der Waals surface area contributed by atoms with Gasteiger partial charge in [-0.1, -0.05) is 13.8 Å². The first kappa shape index (κ1) is 14.3. The van der Waals surface area contributed by atoms with Crippen LogP contribution in [0.15, 0.2) is 0 Å². The number of aryl methyl sites for hydroxylation is 2. The van der Waals surface area contributed by atoms with E-state index < -0.39 is 0 Å². The fourth-order valence-corrected chi connectivity index (χ4v) is 0.843. The third-order valence-corrected chi connectivity index (χ3v) is 1.69. The number of hydrogen-bond acceptors (Lipinski definition) is 0. The average molecular weight is 279 g/mol. The molecule has 2 aromatic rings. The monoisotopic (exact) mass is 280 g/mol. The van der Waals surface area contributed by atoms with Gasteiger partial charge in [0.2, 0.25) is 0 Å². The van der Waals surface area contributed by atoms with Gasteiger partial charge in [-0.3, -0.25) is 0 Å². The summed E-state index contributed by atoms with van der Waals surface area (Å²) in [6.45, 7) is 4.12. The Hall–Kier alpha value is -0.677. The fraction of sp³-hybridized carbons (Fsp3) is 0.286. The predicted molar refractivity (Wildman–Crippen MR) is 53.5 cm³/mol. The summed E-state index contributed by atoms with van der Waals surface area (Å²) in [4.78, 5) is 0. The van der Waals surface area contributed by atoms with Crippen molar-refractivity contribution in [2.75, 3.05) is 0 Å². The van der Waals surface area contributed by atoms with Crippen molar-refractivity contribution in [3.63, 3.8) is 0 Å². The summed E-state index contributed by atoms with van der Waals surface area (Å²) >= 11 is 0. The molecule has 0 saturated carbocycles. The van der Waals surface area contributed by atoms with E-state index in [0.29, 0.717) is 0 Å². The summed E-state index contributed by atoms with van der Waals surface area (Å²) in [5.74, 6) is 0. The second-order valence-electron chi connectivity index (χ2n) is 2.66. The normalized spacial score (nSPS) is 8.67. The Morgan fingerprint density at radius 3 is 1.07 bits per heavy atom. The second-order valence-corrected chi connectivity index (χ2v) is 2.66. The molecule has 0 amide bonds. The molecule has 0 aromatic heterocycles. The largest absolute Gasteiger partial charge is 2.00 e. The molecule has 0 aliphatic heterocycles. The summed E-state index contributed by atoms with van der Waals surface area (Å²) in [6.07, 6.45) is 1.97. The van der Waals surface area contributed by atoms with E-state index >= 15 is 0 Å². The minimum atomic E-state index is 0. The van der Waals surface area contributed by atoms with Gasteiger partial charge in [0.1, 0.15) is 0 Å². The van der Waals surface area contributed by atoms with E-state index in [2.05, 4.69) is 62.4 Å². The van der Waals surface area contributed by atoms with Crippen LogP contribution in [0.25, 0.3) is 0 Å². The number of hydrogen-bond donors (Lipinski definition) is 0. The van der Waals surface area contributed by atoms with Crippen LogP contribution in [0.1, 0.15) is 25.0 Å². The molecule has 0 heterocycles. The SMILES string of the molecule is CC[c-]1[c-][c-][c-][c-]1.CC[c-]1[c-][c-][c-][c-]1.[Ru+2]. The quantitative estimate of drug-likeness (QED) is 0.585. The Kier molecular flexibility index (Phi) is 8.23. The van der Waals surface area contributed by atoms with Crippen molar-refractivity contribution in [3.8, 4) is 0 Å². The van der Waals surface area contributed by atoms with Crippen molar-refractivity contribution in [2.24, 2.45) is 0 Å². The van der Waals surface area contributed by atoms with Gasteiger partial charge < -0.3 is 59.7 Å². The van der Waals surface area contributed by atoms with Gasteiger partial charge in [0.25, 0.3) is 0 Å². The molecule has 2 rings (SSSR count). The molecule has 0 radical (unpaired) electrons. The molecule has 0 aliphatic carbocycles. The zero-order valence-corrected chi connectivity index (χ0v) is 10.5. The van der Waals surface area contributed by atoms with E-state index in [9.17, 15) is 0 Å². The standard InChI is InChI=1S/2C7H5.Ru/c2*1-2-7-5-3-4-6-7;/h2*2H2,1H3;/q2*-5;+2. The van der Waals surface area contributed by atoms with Gasteiger partial charge in [0, 0.05) is 0 Å². The molecular formula is C14H10Ru-8. The van der Waals surface area contributed by atoms with Gasteiger partial charge in [-0.2, -0.15) is 0 Å². The molecule has 0 saturated heterocycles. The van der Waals surface area contributed by atoms with Crippen LogP contribution in [0, 0.1) is 48.5 Å². The average Bonchev–Trinajstić information content (AvgIpc) is 2.92. The maximum absolute atomic E-state index is 2.85. The van der Waals surface area contributed by atoms with E-state index in [1.807, 2.05) is 0 Å².